The Morgan fingerprint density at radius 2 is 2.59 bits per heavy atom. The zero-order chi connectivity index (χ0) is 12.1. The molecule has 94 valence electrons. The van der Waals surface area contributed by atoms with E-state index in [-0.39, 0.29) is 11.9 Å². The van der Waals surface area contributed by atoms with E-state index in [1.807, 2.05) is 11.8 Å². The van der Waals surface area contributed by atoms with Gasteiger partial charge in [0, 0.05) is 18.3 Å². The van der Waals surface area contributed by atoms with Crippen molar-refractivity contribution >= 4 is 17.7 Å². The van der Waals surface area contributed by atoms with Gasteiger partial charge in [-0.15, -0.1) is 5.10 Å². The number of hydrogen-bond donors (Lipinski definition) is 2. The van der Waals surface area contributed by atoms with Gasteiger partial charge in [0.2, 0.25) is 0 Å². The standard InChI is InChI=1S/C10H17N5OS/c11-3-4-15-6-9(13-14-15)10(16)12-8-2-1-5-17-7-8/h6,8H,1-5,7,11H2,(H,12,16). The molecular formula is C10H17N5OS. The molecule has 1 saturated heterocycles. The Morgan fingerprint density at radius 3 is 3.29 bits per heavy atom. The van der Waals surface area contributed by atoms with E-state index in [1.54, 1.807) is 10.9 Å². The number of amides is 1. The van der Waals surface area contributed by atoms with E-state index in [9.17, 15) is 4.79 Å². The van der Waals surface area contributed by atoms with Crippen molar-refractivity contribution in [3.05, 3.63) is 11.9 Å². The maximum atomic E-state index is 11.9. The Kier molecular flexibility index (Phi) is 4.38. The third-order valence-corrected chi connectivity index (χ3v) is 3.84. The van der Waals surface area contributed by atoms with Gasteiger partial charge in [-0.1, -0.05) is 5.21 Å². The molecular weight excluding hydrogens is 238 g/mol. The van der Waals surface area contributed by atoms with Crippen LogP contribution in [0.15, 0.2) is 6.20 Å². The second-order valence-corrected chi connectivity index (χ2v) is 5.19. The Morgan fingerprint density at radius 1 is 1.71 bits per heavy atom. The lowest BCUT2D eigenvalue weighted by molar-refractivity contribution is 0.0933. The molecule has 3 N–H and O–H groups in total. The van der Waals surface area contributed by atoms with Crippen LogP contribution >= 0.6 is 11.8 Å². The summed E-state index contributed by atoms with van der Waals surface area (Å²) in [5.41, 5.74) is 5.77. The van der Waals surface area contributed by atoms with Gasteiger partial charge in [-0.05, 0) is 18.6 Å². The molecule has 0 aliphatic carbocycles. The summed E-state index contributed by atoms with van der Waals surface area (Å²) in [6, 6.07) is 0.265. The van der Waals surface area contributed by atoms with Crippen LogP contribution in [0.5, 0.6) is 0 Å². The van der Waals surface area contributed by atoms with Gasteiger partial charge in [0.25, 0.3) is 5.91 Å². The highest BCUT2D eigenvalue weighted by molar-refractivity contribution is 7.99. The molecule has 0 saturated carbocycles. The lowest BCUT2D eigenvalue weighted by Crippen LogP contribution is -2.38. The molecule has 2 rings (SSSR count). The normalized spacial score (nSPS) is 20.2. The molecule has 2 heterocycles. The molecule has 7 heteroatoms. The van der Waals surface area contributed by atoms with Gasteiger partial charge in [0.15, 0.2) is 5.69 Å². The third kappa shape index (κ3) is 3.44. The molecule has 6 nitrogen and oxygen atoms in total. The molecule has 0 radical (unpaired) electrons. The number of rotatable bonds is 4. The molecule has 0 bridgehead atoms. The molecule has 1 atom stereocenters. The summed E-state index contributed by atoms with van der Waals surface area (Å²) in [4.78, 5) is 11.9. The van der Waals surface area contributed by atoms with Gasteiger partial charge >= 0.3 is 0 Å². The number of nitrogens with zero attached hydrogens (tertiary/aromatic N) is 3. The van der Waals surface area contributed by atoms with Crippen molar-refractivity contribution in [1.82, 2.24) is 20.3 Å². The maximum absolute atomic E-state index is 11.9. The van der Waals surface area contributed by atoms with Gasteiger partial charge < -0.3 is 11.1 Å². The first-order valence-electron chi connectivity index (χ1n) is 5.78. The molecule has 17 heavy (non-hydrogen) atoms. The van der Waals surface area contributed by atoms with E-state index in [0.29, 0.717) is 18.8 Å². The lowest BCUT2D eigenvalue weighted by Gasteiger charge is -2.21. The monoisotopic (exact) mass is 255 g/mol. The van der Waals surface area contributed by atoms with Crippen molar-refractivity contribution in [3.63, 3.8) is 0 Å². The fourth-order valence-electron chi connectivity index (χ4n) is 1.76. The molecule has 1 unspecified atom stereocenters. The lowest BCUT2D eigenvalue weighted by atomic mass is 10.2. The minimum absolute atomic E-state index is 0.138. The highest BCUT2D eigenvalue weighted by atomic mass is 32.2. The van der Waals surface area contributed by atoms with Crippen LogP contribution in [-0.4, -0.2) is 45.0 Å². The van der Waals surface area contributed by atoms with Gasteiger partial charge in [-0.25, -0.2) is 0 Å². The Labute approximate surface area is 104 Å². The summed E-state index contributed by atoms with van der Waals surface area (Å²) in [6.45, 7) is 1.07. The minimum atomic E-state index is -0.138. The van der Waals surface area contributed by atoms with Crippen LogP contribution in [0.3, 0.4) is 0 Å². The number of nitrogens with one attached hydrogen (secondary N) is 1. The van der Waals surface area contributed by atoms with Crippen LogP contribution in [0, 0.1) is 0 Å². The van der Waals surface area contributed by atoms with Crippen LogP contribution in [0.1, 0.15) is 23.3 Å². The molecule has 1 aromatic heterocycles. The second-order valence-electron chi connectivity index (χ2n) is 4.04. The summed E-state index contributed by atoms with van der Waals surface area (Å²) >= 11 is 1.88. The molecule has 1 amide bonds. The highest BCUT2D eigenvalue weighted by Crippen LogP contribution is 2.17. The SMILES string of the molecule is NCCn1cc(C(=O)NC2CCCSC2)nn1. The van der Waals surface area contributed by atoms with Crippen LogP contribution < -0.4 is 11.1 Å². The fourth-order valence-corrected chi connectivity index (χ4v) is 2.83. The second kappa shape index (κ2) is 6.02. The van der Waals surface area contributed by atoms with Crippen LogP contribution in [0.4, 0.5) is 0 Å². The highest BCUT2D eigenvalue weighted by Gasteiger charge is 2.18. The third-order valence-electron chi connectivity index (χ3n) is 2.63. The summed E-state index contributed by atoms with van der Waals surface area (Å²) in [7, 11) is 0. The van der Waals surface area contributed by atoms with Gasteiger partial charge in [-0.3, -0.25) is 9.48 Å². The predicted molar refractivity (Wildman–Crippen MR) is 66.9 cm³/mol. The Bertz CT molecular complexity index is 375. The summed E-state index contributed by atoms with van der Waals surface area (Å²) in [5.74, 6) is 2.04. The van der Waals surface area contributed by atoms with E-state index >= 15 is 0 Å². The number of aromatic nitrogens is 3. The largest absolute Gasteiger partial charge is 0.347 e. The number of thioether (sulfide) groups is 1. The predicted octanol–water partition coefficient (Wildman–Crippen LogP) is -0.138. The maximum Gasteiger partial charge on any atom is 0.273 e. The van der Waals surface area contributed by atoms with Crippen LogP contribution in [0.25, 0.3) is 0 Å². The quantitative estimate of drug-likeness (QED) is 0.782. The van der Waals surface area contributed by atoms with E-state index < -0.39 is 0 Å². The zero-order valence-corrected chi connectivity index (χ0v) is 10.4. The Balaban J connectivity index is 1.89. The van der Waals surface area contributed by atoms with Crippen molar-refractivity contribution < 1.29 is 4.79 Å². The van der Waals surface area contributed by atoms with Crippen LogP contribution in [0.2, 0.25) is 0 Å². The summed E-state index contributed by atoms with van der Waals surface area (Å²) < 4.78 is 1.59. The smallest absolute Gasteiger partial charge is 0.273 e. The first-order chi connectivity index (χ1) is 8.29. The number of carbonyl (C=O) groups excluding carboxylic acids is 1. The molecule has 1 aliphatic rings. The van der Waals surface area contributed by atoms with E-state index in [4.69, 9.17) is 5.73 Å². The van der Waals surface area contributed by atoms with Crippen molar-refractivity contribution in [2.24, 2.45) is 5.73 Å². The van der Waals surface area contributed by atoms with E-state index in [2.05, 4.69) is 15.6 Å². The summed E-state index contributed by atoms with van der Waals surface area (Å²) in [6.07, 6.45) is 3.85. The fraction of sp³-hybridized carbons (Fsp3) is 0.700. The van der Waals surface area contributed by atoms with Gasteiger partial charge in [0.05, 0.1) is 12.7 Å². The molecule has 1 aromatic rings. The van der Waals surface area contributed by atoms with Crippen molar-refractivity contribution in [2.45, 2.75) is 25.4 Å². The van der Waals surface area contributed by atoms with Crippen molar-refractivity contribution in [2.75, 3.05) is 18.1 Å². The molecule has 0 spiro atoms. The van der Waals surface area contributed by atoms with Crippen LogP contribution in [-0.2, 0) is 6.54 Å². The van der Waals surface area contributed by atoms with Crippen molar-refractivity contribution in [1.29, 1.82) is 0 Å². The first kappa shape index (κ1) is 12.4. The van der Waals surface area contributed by atoms with Gasteiger partial charge in [0.1, 0.15) is 0 Å². The average molecular weight is 255 g/mol. The number of hydrogen-bond acceptors (Lipinski definition) is 5. The number of carbonyl (C=O) groups is 1. The molecule has 0 aromatic carbocycles. The number of nitrogens with two attached hydrogens (primary N) is 1. The minimum Gasteiger partial charge on any atom is -0.347 e. The first-order valence-corrected chi connectivity index (χ1v) is 6.94. The summed E-state index contributed by atoms with van der Waals surface area (Å²) in [5, 5.41) is 10.7. The van der Waals surface area contributed by atoms with Gasteiger partial charge in [-0.2, -0.15) is 11.8 Å². The van der Waals surface area contributed by atoms with E-state index in [1.165, 1.54) is 5.75 Å². The van der Waals surface area contributed by atoms with E-state index in [0.717, 1.165) is 18.6 Å². The Hall–Kier alpha value is -1.08. The topological polar surface area (TPSA) is 85.8 Å². The molecule has 1 aliphatic heterocycles. The van der Waals surface area contributed by atoms with Crippen molar-refractivity contribution in [3.8, 4) is 0 Å². The zero-order valence-electron chi connectivity index (χ0n) is 9.63. The average Bonchev–Trinajstić information content (AvgIpc) is 2.79. The molecule has 1 fully saturated rings.